The molecule has 0 aromatic heterocycles. The van der Waals surface area contributed by atoms with Crippen LogP contribution in [0.2, 0.25) is 0 Å². The van der Waals surface area contributed by atoms with Crippen molar-refractivity contribution in [2.75, 3.05) is 0 Å². The van der Waals surface area contributed by atoms with E-state index in [1.807, 2.05) is 0 Å². The van der Waals surface area contributed by atoms with E-state index in [9.17, 15) is 27.9 Å². The molecule has 0 aliphatic carbocycles. The molecule has 2 aromatic carbocycles. The molecule has 0 fully saturated rings. The van der Waals surface area contributed by atoms with Crippen LogP contribution in [0.4, 0.5) is 13.2 Å². The zero-order valence-electron chi connectivity index (χ0n) is 15.3. The van der Waals surface area contributed by atoms with Gasteiger partial charge in [0.2, 0.25) is 0 Å². The highest BCUT2D eigenvalue weighted by Crippen LogP contribution is 2.40. The van der Waals surface area contributed by atoms with Gasteiger partial charge in [-0.05, 0) is 51.1 Å². The van der Waals surface area contributed by atoms with E-state index in [0.717, 1.165) is 6.07 Å². The Kier molecular flexibility index (Phi) is 4.93. The number of benzene rings is 2. The van der Waals surface area contributed by atoms with Crippen molar-refractivity contribution in [3.8, 4) is 5.75 Å². The summed E-state index contributed by atoms with van der Waals surface area (Å²) in [5.74, 6) is -5.76. The summed E-state index contributed by atoms with van der Waals surface area (Å²) in [5.41, 5.74) is -1.18. The number of amides is 1. The molecule has 3 rings (SSSR count). The molecule has 2 N–H and O–H groups in total. The number of Topliss-reactive ketones (excluding diaryl/α,β-unsaturated/α-hetero) is 1. The van der Waals surface area contributed by atoms with Crippen LogP contribution in [0.3, 0.4) is 0 Å². The normalized spacial score (nSPS) is 20.1. The molecule has 0 radical (unpaired) electrons. The fraction of sp³-hybridized carbons (Fsp3) is 0.300. The average molecular weight is 393 g/mol. The Morgan fingerprint density at radius 3 is 2.43 bits per heavy atom. The van der Waals surface area contributed by atoms with Crippen molar-refractivity contribution in [3.63, 3.8) is 0 Å². The number of hydrogen-bond donors (Lipinski definition) is 2. The Morgan fingerprint density at radius 1 is 1.11 bits per heavy atom. The number of nitrogens with one attached hydrogen (secondary N) is 1. The fourth-order valence-corrected chi connectivity index (χ4v) is 3.10. The van der Waals surface area contributed by atoms with E-state index < -0.39 is 46.7 Å². The van der Waals surface area contributed by atoms with E-state index in [-0.39, 0.29) is 5.78 Å². The number of fused-ring (bicyclic) bond motifs is 1. The van der Waals surface area contributed by atoms with Gasteiger partial charge in [-0.1, -0.05) is 0 Å². The van der Waals surface area contributed by atoms with Gasteiger partial charge < -0.3 is 15.2 Å². The lowest BCUT2D eigenvalue weighted by Crippen LogP contribution is -2.53. The number of halogens is 3. The summed E-state index contributed by atoms with van der Waals surface area (Å²) in [6.07, 6.45) is -1.26. The van der Waals surface area contributed by atoms with Gasteiger partial charge in [0.05, 0.1) is 11.6 Å². The van der Waals surface area contributed by atoms with E-state index in [2.05, 4.69) is 5.32 Å². The van der Waals surface area contributed by atoms with Crippen LogP contribution in [0.25, 0.3) is 0 Å². The molecule has 0 unspecified atom stereocenters. The summed E-state index contributed by atoms with van der Waals surface area (Å²) < 4.78 is 46.3. The van der Waals surface area contributed by atoms with Crippen LogP contribution in [0.15, 0.2) is 30.3 Å². The van der Waals surface area contributed by atoms with Gasteiger partial charge in [-0.25, -0.2) is 13.2 Å². The average Bonchev–Trinajstić information content (AvgIpc) is 2.62. The Labute approximate surface area is 159 Å². The number of ether oxygens (including phenoxy) is 1. The zero-order valence-corrected chi connectivity index (χ0v) is 15.3. The van der Waals surface area contributed by atoms with Crippen molar-refractivity contribution < 1.29 is 32.6 Å². The molecular formula is C20H18F3NO4. The number of hydrogen-bond acceptors (Lipinski definition) is 4. The van der Waals surface area contributed by atoms with Crippen molar-refractivity contribution in [1.82, 2.24) is 5.32 Å². The van der Waals surface area contributed by atoms with Gasteiger partial charge in [-0.2, -0.15) is 0 Å². The molecule has 28 heavy (non-hydrogen) atoms. The minimum atomic E-state index is -1.76. The zero-order chi connectivity index (χ0) is 20.8. The topological polar surface area (TPSA) is 75.6 Å². The Hall–Kier alpha value is -2.87. The van der Waals surface area contributed by atoms with Crippen LogP contribution in [-0.4, -0.2) is 28.5 Å². The molecule has 1 heterocycles. The van der Waals surface area contributed by atoms with Crippen molar-refractivity contribution in [3.05, 3.63) is 64.5 Å². The van der Waals surface area contributed by atoms with E-state index in [4.69, 9.17) is 4.74 Å². The van der Waals surface area contributed by atoms with E-state index in [0.29, 0.717) is 22.9 Å². The van der Waals surface area contributed by atoms with Gasteiger partial charge in [0.1, 0.15) is 17.5 Å². The van der Waals surface area contributed by atoms with Crippen molar-refractivity contribution in [2.45, 2.75) is 38.5 Å². The molecule has 0 saturated carbocycles. The first-order valence-corrected chi connectivity index (χ1v) is 8.49. The Balaban J connectivity index is 2.03. The van der Waals surface area contributed by atoms with E-state index in [1.54, 1.807) is 19.9 Å². The molecule has 0 bridgehead atoms. The van der Waals surface area contributed by atoms with Gasteiger partial charge in [-0.3, -0.25) is 9.59 Å². The monoisotopic (exact) mass is 393 g/mol. The highest BCUT2D eigenvalue weighted by atomic mass is 19.2. The largest absolute Gasteiger partial charge is 0.485 e. The van der Waals surface area contributed by atoms with Gasteiger partial charge in [0.25, 0.3) is 5.91 Å². The third kappa shape index (κ3) is 3.35. The van der Waals surface area contributed by atoms with Crippen LogP contribution in [-0.2, 0) is 0 Å². The molecule has 2 aromatic rings. The van der Waals surface area contributed by atoms with E-state index >= 15 is 0 Å². The number of carbonyl (C=O) groups excluding carboxylic acids is 2. The minimum Gasteiger partial charge on any atom is -0.485 e. The molecule has 148 valence electrons. The predicted octanol–water partition coefficient (Wildman–Crippen LogP) is 3.31. The molecule has 2 atom stereocenters. The van der Waals surface area contributed by atoms with Crippen molar-refractivity contribution >= 4 is 11.7 Å². The lowest BCUT2D eigenvalue weighted by molar-refractivity contribution is -0.0628. The minimum absolute atomic E-state index is 0.237. The Morgan fingerprint density at radius 2 is 1.79 bits per heavy atom. The number of ketones is 1. The summed E-state index contributed by atoms with van der Waals surface area (Å²) in [6.45, 7) is 4.55. The molecule has 1 aliphatic heterocycles. The maximum Gasteiger partial charge on any atom is 0.254 e. The second-order valence-electron chi connectivity index (χ2n) is 7.13. The first-order valence-electron chi connectivity index (χ1n) is 8.49. The molecule has 0 saturated heterocycles. The highest BCUT2D eigenvalue weighted by molar-refractivity contribution is 5.96. The van der Waals surface area contributed by atoms with Crippen LogP contribution >= 0.6 is 0 Å². The second-order valence-corrected chi connectivity index (χ2v) is 7.13. The van der Waals surface area contributed by atoms with Crippen LogP contribution in [0, 0.1) is 17.5 Å². The smallest absolute Gasteiger partial charge is 0.254 e. The molecule has 1 amide bonds. The van der Waals surface area contributed by atoms with Gasteiger partial charge >= 0.3 is 0 Å². The summed E-state index contributed by atoms with van der Waals surface area (Å²) in [5, 5.41) is 13.1. The summed E-state index contributed by atoms with van der Waals surface area (Å²) >= 11 is 0. The maximum atomic E-state index is 14.0. The molecular weight excluding hydrogens is 375 g/mol. The molecule has 1 aliphatic rings. The van der Waals surface area contributed by atoms with Crippen molar-refractivity contribution in [2.24, 2.45) is 0 Å². The summed E-state index contributed by atoms with van der Waals surface area (Å²) in [4.78, 5) is 24.2. The number of aliphatic hydroxyl groups excluding tert-OH is 1. The fourth-order valence-electron chi connectivity index (χ4n) is 3.10. The molecule has 8 heteroatoms. The second kappa shape index (κ2) is 6.94. The third-order valence-corrected chi connectivity index (χ3v) is 4.72. The molecule has 5 nitrogen and oxygen atoms in total. The van der Waals surface area contributed by atoms with Gasteiger partial charge in [0, 0.05) is 11.1 Å². The van der Waals surface area contributed by atoms with Crippen LogP contribution in [0.5, 0.6) is 5.75 Å². The quantitative estimate of drug-likeness (QED) is 0.620. The maximum absolute atomic E-state index is 14.0. The first kappa shape index (κ1) is 19.9. The first-order chi connectivity index (χ1) is 13.0. The lowest BCUT2D eigenvalue weighted by Gasteiger charge is -2.42. The standard InChI is InChI=1S/C20H18F3NO4/c1-9(25)10-4-7-14-12(8-10)17(18(26)20(2,3)28-14)24-19(27)11-5-6-13(21)16(23)15(11)22/h4-8,17-18,26H,1-3H3,(H,24,27)/t17-,18-/m0/s1. The number of rotatable bonds is 3. The van der Waals surface area contributed by atoms with Crippen molar-refractivity contribution in [1.29, 1.82) is 0 Å². The van der Waals surface area contributed by atoms with Crippen LogP contribution in [0.1, 0.15) is 53.1 Å². The van der Waals surface area contributed by atoms with E-state index in [1.165, 1.54) is 19.1 Å². The highest BCUT2D eigenvalue weighted by Gasteiger charge is 2.44. The van der Waals surface area contributed by atoms with Crippen LogP contribution < -0.4 is 10.1 Å². The summed E-state index contributed by atoms with van der Waals surface area (Å²) in [6, 6.07) is 4.92. The summed E-state index contributed by atoms with van der Waals surface area (Å²) in [7, 11) is 0. The predicted molar refractivity (Wildman–Crippen MR) is 93.7 cm³/mol. The number of carbonyl (C=O) groups is 2. The third-order valence-electron chi connectivity index (χ3n) is 4.72. The lowest BCUT2D eigenvalue weighted by atomic mass is 9.85. The van der Waals surface area contributed by atoms with Gasteiger partial charge in [-0.15, -0.1) is 0 Å². The number of aliphatic hydroxyl groups is 1. The SMILES string of the molecule is CC(=O)c1ccc2c(c1)[C@H](NC(=O)c1ccc(F)c(F)c1F)[C@H](O)C(C)(C)O2. The Bertz CT molecular complexity index is 974. The molecule has 0 spiro atoms. The van der Waals surface area contributed by atoms with Gasteiger partial charge in [0.15, 0.2) is 23.2 Å².